The molecule has 3 fully saturated rings. The molecule has 0 atom stereocenters. The Bertz CT molecular complexity index is 293. The van der Waals surface area contributed by atoms with Crippen molar-refractivity contribution in [3.63, 3.8) is 0 Å². The molecule has 3 nitrogen and oxygen atoms in total. The van der Waals surface area contributed by atoms with E-state index >= 15 is 0 Å². The van der Waals surface area contributed by atoms with E-state index in [0.29, 0.717) is 12.5 Å². The number of Topliss-reactive ketones (excluding diaryl/α,β-unsaturated/α-hetero) is 1. The Hall–Kier alpha value is -0.860. The van der Waals surface area contributed by atoms with Gasteiger partial charge in [0.2, 0.25) is 5.91 Å². The minimum Gasteiger partial charge on any atom is -0.335 e. The molecule has 1 aliphatic heterocycles. The molecule has 82 valence electrons. The maximum atomic E-state index is 11.5. The highest BCUT2D eigenvalue weighted by molar-refractivity contribution is 6.05. The monoisotopic (exact) mass is 207 g/mol. The molecule has 0 spiro atoms. The van der Waals surface area contributed by atoms with Crippen LogP contribution in [0, 0.1) is 17.8 Å². The molecule has 0 aromatic rings. The minimum atomic E-state index is 0.0614. The molecule has 1 saturated heterocycles. The minimum absolute atomic E-state index is 0.0614. The first-order chi connectivity index (χ1) is 7.24. The van der Waals surface area contributed by atoms with Crippen molar-refractivity contribution < 1.29 is 9.59 Å². The third-order valence-electron chi connectivity index (χ3n) is 3.95. The van der Waals surface area contributed by atoms with Crippen LogP contribution < -0.4 is 0 Å². The van der Waals surface area contributed by atoms with Crippen molar-refractivity contribution in [2.24, 2.45) is 17.8 Å². The van der Waals surface area contributed by atoms with Gasteiger partial charge in [-0.3, -0.25) is 9.59 Å². The molecular weight excluding hydrogens is 190 g/mol. The summed E-state index contributed by atoms with van der Waals surface area (Å²) in [5.41, 5.74) is 0. The molecule has 0 unspecified atom stereocenters. The molecule has 2 aliphatic carbocycles. The lowest BCUT2D eigenvalue weighted by Gasteiger charge is -2.22. The van der Waals surface area contributed by atoms with Crippen molar-refractivity contribution in [2.45, 2.75) is 32.1 Å². The van der Waals surface area contributed by atoms with Crippen LogP contribution >= 0.6 is 0 Å². The number of nitrogens with zero attached hydrogens (tertiary/aromatic N) is 1. The van der Waals surface area contributed by atoms with Gasteiger partial charge in [-0.25, -0.2) is 0 Å². The Morgan fingerprint density at radius 1 is 1.13 bits per heavy atom. The largest absolute Gasteiger partial charge is 0.335 e. The van der Waals surface area contributed by atoms with E-state index in [2.05, 4.69) is 0 Å². The Balaban J connectivity index is 1.62. The van der Waals surface area contributed by atoms with E-state index < -0.39 is 0 Å². The molecular formula is C12H17NO2. The van der Waals surface area contributed by atoms with E-state index in [9.17, 15) is 9.59 Å². The molecule has 1 heterocycles. The first-order valence-corrected chi connectivity index (χ1v) is 6.03. The molecule has 0 bridgehead atoms. The molecule has 15 heavy (non-hydrogen) atoms. The van der Waals surface area contributed by atoms with Crippen molar-refractivity contribution in [1.82, 2.24) is 4.90 Å². The topological polar surface area (TPSA) is 37.4 Å². The van der Waals surface area contributed by atoms with Gasteiger partial charge in [0.1, 0.15) is 0 Å². The number of carbonyl (C=O) groups excluding carboxylic acids is 2. The van der Waals surface area contributed by atoms with Crippen LogP contribution in [0.1, 0.15) is 32.1 Å². The Kier molecular flexibility index (Phi) is 2.08. The highest BCUT2D eigenvalue weighted by atomic mass is 16.2. The van der Waals surface area contributed by atoms with E-state index in [1.165, 1.54) is 25.7 Å². The van der Waals surface area contributed by atoms with Gasteiger partial charge in [0.25, 0.3) is 0 Å². The van der Waals surface area contributed by atoms with E-state index in [1.807, 2.05) is 0 Å². The van der Waals surface area contributed by atoms with Gasteiger partial charge in [-0.2, -0.15) is 0 Å². The van der Waals surface area contributed by atoms with Crippen LogP contribution in [0.25, 0.3) is 0 Å². The molecule has 2 saturated carbocycles. The molecule has 0 aromatic carbocycles. The fourth-order valence-electron chi connectivity index (χ4n) is 2.79. The fourth-order valence-corrected chi connectivity index (χ4v) is 2.79. The number of carbonyl (C=O) groups is 2. The van der Waals surface area contributed by atoms with Crippen LogP contribution in [0.5, 0.6) is 0 Å². The van der Waals surface area contributed by atoms with Gasteiger partial charge >= 0.3 is 0 Å². The molecule has 0 N–H and O–H groups in total. The quantitative estimate of drug-likeness (QED) is 0.650. The van der Waals surface area contributed by atoms with Crippen LogP contribution in [0.3, 0.4) is 0 Å². The van der Waals surface area contributed by atoms with Crippen LogP contribution in [-0.4, -0.2) is 29.7 Å². The van der Waals surface area contributed by atoms with Crippen molar-refractivity contribution in [3.05, 3.63) is 0 Å². The number of hydrogen-bond donors (Lipinski definition) is 0. The zero-order chi connectivity index (χ0) is 10.4. The van der Waals surface area contributed by atoms with Gasteiger partial charge in [-0.15, -0.1) is 0 Å². The summed E-state index contributed by atoms with van der Waals surface area (Å²) in [7, 11) is 0. The summed E-state index contributed by atoms with van der Waals surface area (Å²) < 4.78 is 0. The molecule has 1 amide bonds. The average Bonchev–Trinajstić information content (AvgIpc) is 3.05. The maximum absolute atomic E-state index is 11.5. The van der Waals surface area contributed by atoms with E-state index in [0.717, 1.165) is 18.4 Å². The van der Waals surface area contributed by atoms with Crippen LogP contribution in [0.15, 0.2) is 0 Å². The van der Waals surface area contributed by atoms with Gasteiger partial charge in [0.15, 0.2) is 5.78 Å². The summed E-state index contributed by atoms with van der Waals surface area (Å²) in [4.78, 5) is 24.5. The standard InChI is InChI=1S/C12H17NO2/c14-10-5-12(15)13(6-10)7-11(8-1-2-8)9-3-4-9/h8-9,11H,1-7H2. The summed E-state index contributed by atoms with van der Waals surface area (Å²) in [6.07, 6.45) is 5.53. The summed E-state index contributed by atoms with van der Waals surface area (Å²) in [6.45, 7) is 1.24. The number of ketones is 1. The fraction of sp³-hybridized carbons (Fsp3) is 0.833. The van der Waals surface area contributed by atoms with E-state index in [1.54, 1.807) is 4.90 Å². The third kappa shape index (κ3) is 1.92. The highest BCUT2D eigenvalue weighted by Crippen LogP contribution is 2.49. The maximum Gasteiger partial charge on any atom is 0.230 e. The molecule has 3 rings (SSSR count). The first-order valence-electron chi connectivity index (χ1n) is 6.03. The van der Waals surface area contributed by atoms with Crippen molar-refractivity contribution >= 4 is 11.7 Å². The SMILES string of the molecule is O=C1CC(=O)N(CC(C2CC2)C2CC2)C1. The summed E-state index contributed by atoms with van der Waals surface area (Å²) in [5, 5.41) is 0. The van der Waals surface area contributed by atoms with E-state index in [-0.39, 0.29) is 18.1 Å². The smallest absolute Gasteiger partial charge is 0.230 e. The van der Waals surface area contributed by atoms with Crippen LogP contribution in [0.2, 0.25) is 0 Å². The number of rotatable bonds is 4. The molecule has 0 radical (unpaired) electrons. The molecule has 0 aromatic heterocycles. The summed E-state index contributed by atoms with van der Waals surface area (Å²) in [5.74, 6) is 2.60. The number of likely N-dealkylation sites (tertiary alicyclic amines) is 1. The molecule has 3 aliphatic rings. The summed E-state index contributed by atoms with van der Waals surface area (Å²) >= 11 is 0. The predicted molar refractivity (Wildman–Crippen MR) is 55.1 cm³/mol. The van der Waals surface area contributed by atoms with Gasteiger partial charge in [-0.1, -0.05) is 0 Å². The van der Waals surface area contributed by atoms with Crippen molar-refractivity contribution in [3.8, 4) is 0 Å². The van der Waals surface area contributed by atoms with Crippen molar-refractivity contribution in [2.75, 3.05) is 13.1 Å². The van der Waals surface area contributed by atoms with Gasteiger partial charge < -0.3 is 4.90 Å². The third-order valence-corrected chi connectivity index (χ3v) is 3.95. The Labute approximate surface area is 89.8 Å². The Morgan fingerprint density at radius 3 is 2.13 bits per heavy atom. The lowest BCUT2D eigenvalue weighted by Crippen LogP contribution is -2.32. The normalized spacial score (nSPS) is 26.9. The van der Waals surface area contributed by atoms with Gasteiger partial charge in [0, 0.05) is 6.54 Å². The van der Waals surface area contributed by atoms with Gasteiger partial charge in [-0.05, 0) is 43.4 Å². The lowest BCUT2D eigenvalue weighted by molar-refractivity contribution is -0.128. The number of amides is 1. The van der Waals surface area contributed by atoms with Crippen LogP contribution in [0.4, 0.5) is 0 Å². The van der Waals surface area contributed by atoms with Crippen LogP contribution in [-0.2, 0) is 9.59 Å². The van der Waals surface area contributed by atoms with Crippen molar-refractivity contribution in [1.29, 1.82) is 0 Å². The second kappa shape index (κ2) is 3.32. The predicted octanol–water partition coefficient (Wildman–Crippen LogP) is 1.22. The van der Waals surface area contributed by atoms with E-state index in [4.69, 9.17) is 0 Å². The number of hydrogen-bond acceptors (Lipinski definition) is 2. The molecule has 3 heteroatoms. The summed E-state index contributed by atoms with van der Waals surface area (Å²) in [6, 6.07) is 0. The first kappa shape index (κ1) is 9.37. The highest BCUT2D eigenvalue weighted by Gasteiger charge is 2.43. The Morgan fingerprint density at radius 2 is 1.73 bits per heavy atom. The second-order valence-electron chi connectivity index (χ2n) is 5.33. The second-order valence-corrected chi connectivity index (χ2v) is 5.33. The van der Waals surface area contributed by atoms with Gasteiger partial charge in [0.05, 0.1) is 13.0 Å². The average molecular weight is 207 g/mol. The zero-order valence-electron chi connectivity index (χ0n) is 8.95. The lowest BCUT2D eigenvalue weighted by atomic mass is 9.97. The zero-order valence-corrected chi connectivity index (χ0v) is 8.95.